The summed E-state index contributed by atoms with van der Waals surface area (Å²) < 4.78 is 6.20. The lowest BCUT2D eigenvalue weighted by molar-refractivity contribution is -0.145. The summed E-state index contributed by atoms with van der Waals surface area (Å²) in [5.74, 6) is -1.30. The van der Waals surface area contributed by atoms with Crippen molar-refractivity contribution in [2.45, 2.75) is 51.6 Å². The van der Waals surface area contributed by atoms with E-state index in [1.165, 1.54) is 4.90 Å². The van der Waals surface area contributed by atoms with Crippen LogP contribution in [0.3, 0.4) is 0 Å². The Morgan fingerprint density at radius 2 is 1.85 bits per heavy atom. The lowest BCUT2D eigenvalue weighted by Gasteiger charge is -2.19. The number of carbonyl (C=O) groups is 3. The Morgan fingerprint density at radius 3 is 2.38 bits per heavy atom. The molecule has 1 heterocycles. The minimum absolute atomic E-state index is 0.277. The van der Waals surface area contributed by atoms with E-state index >= 15 is 0 Å². The van der Waals surface area contributed by atoms with E-state index in [1.54, 1.807) is 18.2 Å². The molecular weight excluding hydrogens is 402 g/mol. The second-order valence-corrected chi connectivity index (χ2v) is 7.31. The third kappa shape index (κ3) is 3.40. The molecule has 0 fully saturated rings. The van der Waals surface area contributed by atoms with Crippen molar-refractivity contribution in [2.24, 2.45) is 0 Å². The molecule has 3 rings (SSSR count). The zero-order valence-corrected chi connectivity index (χ0v) is 16.0. The molecule has 1 aliphatic heterocycles. The molecule has 7 heteroatoms. The van der Waals surface area contributed by atoms with Crippen LogP contribution in [-0.4, -0.2) is 29.0 Å². The average molecular weight is 422 g/mol. The first kappa shape index (κ1) is 18.6. The fraction of sp³-hybridized carbons (Fsp3) is 0.421. The minimum Gasteiger partial charge on any atom is -0.479 e. The van der Waals surface area contributed by atoms with E-state index in [9.17, 15) is 19.5 Å². The molecule has 6 nitrogen and oxygen atoms in total. The first-order chi connectivity index (χ1) is 12.4. The Bertz CT molecular complexity index is 773. The molecule has 0 radical (unpaired) electrons. The number of rotatable bonds is 6. The van der Waals surface area contributed by atoms with Gasteiger partial charge in [-0.05, 0) is 60.2 Å². The van der Waals surface area contributed by atoms with E-state index in [-0.39, 0.29) is 11.8 Å². The average Bonchev–Trinajstić information content (AvgIpc) is 2.88. The highest BCUT2D eigenvalue weighted by Gasteiger charge is 2.39. The van der Waals surface area contributed by atoms with Crippen molar-refractivity contribution < 1.29 is 24.2 Å². The molecule has 2 aliphatic rings. The molecule has 1 unspecified atom stereocenters. The number of hydrogen-bond donors (Lipinski definition) is 1. The number of hydrogen-bond acceptors (Lipinski definition) is 4. The van der Waals surface area contributed by atoms with Gasteiger partial charge in [0.2, 0.25) is 0 Å². The Kier molecular flexibility index (Phi) is 5.46. The number of nitrogens with zero attached hydrogens (tertiary/aromatic N) is 1. The molecule has 0 spiro atoms. The maximum absolute atomic E-state index is 12.7. The van der Waals surface area contributed by atoms with Gasteiger partial charge in [-0.25, -0.2) is 9.69 Å². The lowest BCUT2D eigenvalue weighted by atomic mass is 9.93. The fourth-order valence-electron chi connectivity index (χ4n) is 3.34. The first-order valence-electron chi connectivity index (χ1n) is 8.73. The fourth-order valence-corrected chi connectivity index (χ4v) is 3.68. The molecule has 0 saturated heterocycles. The van der Waals surface area contributed by atoms with Crippen molar-refractivity contribution in [3.8, 4) is 5.75 Å². The normalized spacial score (nSPS) is 18.2. The van der Waals surface area contributed by atoms with Gasteiger partial charge in [-0.3, -0.25) is 9.59 Å². The number of anilines is 1. The Balaban J connectivity index is 1.89. The van der Waals surface area contributed by atoms with Crippen molar-refractivity contribution >= 4 is 39.4 Å². The van der Waals surface area contributed by atoms with Crippen LogP contribution >= 0.6 is 15.9 Å². The quantitative estimate of drug-likeness (QED) is 0.705. The number of carboxylic acid groups (broad SMARTS) is 1. The topological polar surface area (TPSA) is 83.9 Å². The summed E-state index contributed by atoms with van der Waals surface area (Å²) in [6.45, 7) is 1.88. The van der Waals surface area contributed by atoms with Crippen molar-refractivity contribution in [1.29, 1.82) is 0 Å². The van der Waals surface area contributed by atoms with E-state index < -0.39 is 12.1 Å². The van der Waals surface area contributed by atoms with Crippen LogP contribution in [0.5, 0.6) is 5.75 Å². The molecule has 2 amide bonds. The molecule has 1 atom stereocenters. The Morgan fingerprint density at radius 1 is 1.23 bits per heavy atom. The minimum atomic E-state index is -1.05. The SMILES string of the molecule is CCCC(Oc1cc(N2C(=O)C3=C(CCCC3)C2=O)ccc1Br)C(=O)O. The highest BCUT2D eigenvalue weighted by molar-refractivity contribution is 9.10. The third-order valence-corrected chi connectivity index (χ3v) is 5.31. The number of carboxylic acids is 1. The van der Waals surface area contributed by atoms with Gasteiger partial charge in [0.25, 0.3) is 11.8 Å². The van der Waals surface area contributed by atoms with Crippen LogP contribution in [0.4, 0.5) is 5.69 Å². The van der Waals surface area contributed by atoms with E-state index in [1.807, 2.05) is 6.92 Å². The van der Waals surface area contributed by atoms with Crippen molar-refractivity contribution in [3.63, 3.8) is 0 Å². The van der Waals surface area contributed by atoms with Crippen LogP contribution in [-0.2, 0) is 14.4 Å². The molecule has 0 aromatic heterocycles. The number of benzene rings is 1. The summed E-state index contributed by atoms with van der Waals surface area (Å²) in [6, 6.07) is 4.86. The van der Waals surface area contributed by atoms with Gasteiger partial charge in [-0.1, -0.05) is 13.3 Å². The van der Waals surface area contributed by atoms with Gasteiger partial charge in [0.1, 0.15) is 5.75 Å². The van der Waals surface area contributed by atoms with Gasteiger partial charge in [0.05, 0.1) is 10.2 Å². The van der Waals surface area contributed by atoms with Gasteiger partial charge in [-0.2, -0.15) is 0 Å². The van der Waals surface area contributed by atoms with E-state index in [0.717, 1.165) is 12.8 Å². The smallest absolute Gasteiger partial charge is 0.344 e. The van der Waals surface area contributed by atoms with Gasteiger partial charge < -0.3 is 9.84 Å². The second-order valence-electron chi connectivity index (χ2n) is 6.46. The third-order valence-electron chi connectivity index (χ3n) is 4.66. The van der Waals surface area contributed by atoms with Gasteiger partial charge in [0.15, 0.2) is 6.10 Å². The van der Waals surface area contributed by atoms with Crippen molar-refractivity contribution in [1.82, 2.24) is 0 Å². The monoisotopic (exact) mass is 421 g/mol. The lowest BCUT2D eigenvalue weighted by Crippen LogP contribution is -2.31. The number of carbonyl (C=O) groups excluding carboxylic acids is 2. The second kappa shape index (κ2) is 7.61. The van der Waals surface area contributed by atoms with E-state index in [4.69, 9.17) is 4.74 Å². The highest BCUT2D eigenvalue weighted by Crippen LogP contribution is 2.38. The summed E-state index contributed by atoms with van der Waals surface area (Å²) >= 11 is 3.34. The molecule has 1 aromatic rings. The zero-order valence-electron chi connectivity index (χ0n) is 14.5. The Hall–Kier alpha value is -2.15. The van der Waals surface area contributed by atoms with E-state index in [2.05, 4.69) is 15.9 Å². The van der Waals surface area contributed by atoms with Gasteiger partial charge in [-0.15, -0.1) is 0 Å². The molecule has 0 bridgehead atoms. The molecule has 138 valence electrons. The molecule has 0 saturated carbocycles. The number of ether oxygens (including phenoxy) is 1. The number of imide groups is 1. The van der Waals surface area contributed by atoms with Crippen molar-refractivity contribution in [3.05, 3.63) is 33.8 Å². The van der Waals surface area contributed by atoms with Crippen LogP contribution in [0.25, 0.3) is 0 Å². The summed E-state index contributed by atoms with van der Waals surface area (Å²) in [4.78, 5) is 37.9. The summed E-state index contributed by atoms with van der Waals surface area (Å²) in [6.07, 6.45) is 3.14. The molecule has 1 aromatic carbocycles. The number of amides is 2. The predicted octanol–water partition coefficient (Wildman–Crippen LogP) is 3.83. The van der Waals surface area contributed by atoms with Crippen LogP contribution in [0.15, 0.2) is 33.8 Å². The number of aliphatic carboxylic acids is 1. The molecule has 26 heavy (non-hydrogen) atoms. The van der Waals surface area contributed by atoms with Crippen LogP contribution in [0.2, 0.25) is 0 Å². The largest absolute Gasteiger partial charge is 0.479 e. The van der Waals surface area contributed by atoms with Gasteiger partial charge in [0, 0.05) is 17.2 Å². The van der Waals surface area contributed by atoms with Gasteiger partial charge >= 0.3 is 5.97 Å². The molecule has 1 N–H and O–H groups in total. The maximum atomic E-state index is 12.7. The highest BCUT2D eigenvalue weighted by atomic mass is 79.9. The summed E-state index contributed by atoms with van der Waals surface area (Å²) in [5.41, 5.74) is 1.62. The molecular formula is C19H20BrNO5. The van der Waals surface area contributed by atoms with Crippen LogP contribution in [0.1, 0.15) is 45.4 Å². The predicted molar refractivity (Wildman–Crippen MR) is 99.1 cm³/mol. The van der Waals surface area contributed by atoms with Crippen molar-refractivity contribution in [2.75, 3.05) is 4.90 Å². The standard InChI is InChI=1S/C19H20BrNO5/c1-2-5-15(19(24)25)26-16-10-11(8-9-14(16)20)21-17(22)12-6-3-4-7-13(12)18(21)23/h8-10,15H,2-7H2,1H3,(H,24,25). The zero-order chi connectivity index (χ0) is 18.8. The van der Waals surface area contributed by atoms with Crippen LogP contribution < -0.4 is 9.64 Å². The maximum Gasteiger partial charge on any atom is 0.344 e. The Labute approximate surface area is 159 Å². The van der Waals surface area contributed by atoms with E-state index in [0.29, 0.717) is 52.7 Å². The first-order valence-corrected chi connectivity index (χ1v) is 9.53. The summed E-state index contributed by atoms with van der Waals surface area (Å²) in [7, 11) is 0. The summed E-state index contributed by atoms with van der Waals surface area (Å²) in [5, 5.41) is 9.30. The molecule has 1 aliphatic carbocycles. The van der Waals surface area contributed by atoms with Crippen LogP contribution in [0, 0.1) is 0 Å². The number of halogens is 1.